The number of hydrogen-bond acceptors (Lipinski definition) is 10. The van der Waals surface area contributed by atoms with Gasteiger partial charge in [0.25, 0.3) is 0 Å². The third kappa shape index (κ3) is 4.52. The van der Waals surface area contributed by atoms with Crippen LogP contribution in [-0.2, 0) is 6.61 Å². The largest absolute Gasteiger partial charge is 0.858 e. The van der Waals surface area contributed by atoms with Crippen molar-refractivity contribution in [1.82, 2.24) is 15.8 Å². The summed E-state index contributed by atoms with van der Waals surface area (Å²) in [5, 5.41) is 24.1. The predicted molar refractivity (Wildman–Crippen MR) is 126 cm³/mol. The van der Waals surface area contributed by atoms with Crippen molar-refractivity contribution in [3.63, 3.8) is 0 Å². The second kappa shape index (κ2) is 9.58. The highest BCUT2D eigenvalue weighted by Gasteiger charge is 2.18. The molecule has 9 nitrogen and oxygen atoms in total. The summed E-state index contributed by atoms with van der Waals surface area (Å²) in [6.45, 7) is 0.543. The third-order valence-corrected chi connectivity index (χ3v) is 5.89. The minimum absolute atomic E-state index is 0.171. The third-order valence-electron chi connectivity index (χ3n) is 5.00. The molecule has 0 spiro atoms. The summed E-state index contributed by atoms with van der Waals surface area (Å²) in [5.74, 6) is 0.0911. The van der Waals surface area contributed by atoms with Gasteiger partial charge in [0.1, 0.15) is 24.9 Å². The van der Waals surface area contributed by atoms with E-state index in [1.807, 2.05) is 23.6 Å². The fraction of sp³-hybridized carbons (Fsp3) is 0.0833. The first kappa shape index (κ1) is 21.4. The van der Waals surface area contributed by atoms with Gasteiger partial charge >= 0.3 is 0 Å². The smallest absolute Gasteiger partial charge is 0.233 e. The first-order chi connectivity index (χ1) is 16.7. The molecule has 0 amide bonds. The van der Waals surface area contributed by atoms with Crippen molar-refractivity contribution < 1.29 is 14.3 Å². The van der Waals surface area contributed by atoms with Gasteiger partial charge < -0.3 is 14.3 Å². The van der Waals surface area contributed by atoms with Crippen molar-refractivity contribution in [3.8, 4) is 33.6 Å². The second-order valence-corrected chi connectivity index (χ2v) is 8.13. The standard InChI is InChI=1S/C24H18N6O3S/c25-11-19-18(17-7-8-32-13-17)10-20(21-2-1-9-34-21)28-23(19)33-12-15-3-5-16(6-4-15)22(31)29-24-26-14-27-30-24/h1-10,13,27H,12,14H2,(H2,26,29,30,31)/p-1. The van der Waals surface area contributed by atoms with Crippen LogP contribution in [0.25, 0.3) is 21.7 Å². The lowest BCUT2D eigenvalue weighted by atomic mass is 10.0. The molecular formula is C24H17N6O3S-. The highest BCUT2D eigenvalue weighted by Crippen LogP contribution is 2.35. The van der Waals surface area contributed by atoms with Gasteiger partial charge in [-0.3, -0.25) is 5.43 Å². The van der Waals surface area contributed by atoms with E-state index in [1.54, 1.807) is 54.2 Å². The van der Waals surface area contributed by atoms with E-state index in [-0.39, 0.29) is 18.4 Å². The number of furan rings is 1. The van der Waals surface area contributed by atoms with Crippen LogP contribution >= 0.6 is 11.3 Å². The number of rotatable bonds is 6. The molecule has 0 saturated heterocycles. The van der Waals surface area contributed by atoms with Crippen LogP contribution in [0.15, 0.2) is 80.8 Å². The number of thiophene rings is 1. The van der Waals surface area contributed by atoms with E-state index < -0.39 is 5.90 Å². The fourth-order valence-corrected chi connectivity index (χ4v) is 4.01. The molecule has 0 saturated carbocycles. The van der Waals surface area contributed by atoms with Gasteiger partial charge in [0.05, 0.1) is 23.1 Å². The summed E-state index contributed by atoms with van der Waals surface area (Å²) < 4.78 is 11.2. The van der Waals surface area contributed by atoms with Gasteiger partial charge in [-0.05, 0) is 40.6 Å². The molecule has 4 heterocycles. The average Bonchev–Trinajstić information content (AvgIpc) is 3.66. The van der Waals surface area contributed by atoms with E-state index in [4.69, 9.17) is 9.15 Å². The molecular weight excluding hydrogens is 452 g/mol. The van der Waals surface area contributed by atoms with E-state index in [0.717, 1.165) is 16.0 Å². The number of guanidine groups is 1. The van der Waals surface area contributed by atoms with Gasteiger partial charge in [-0.2, -0.15) is 5.26 Å². The Morgan fingerprint density at radius 1 is 1.26 bits per heavy atom. The van der Waals surface area contributed by atoms with Crippen molar-refractivity contribution in [2.45, 2.75) is 6.61 Å². The lowest BCUT2D eigenvalue weighted by Gasteiger charge is -2.13. The second-order valence-electron chi connectivity index (χ2n) is 7.18. The Balaban J connectivity index is 1.40. The van der Waals surface area contributed by atoms with Crippen molar-refractivity contribution in [3.05, 3.63) is 83.1 Å². The molecule has 34 heavy (non-hydrogen) atoms. The number of pyridine rings is 1. The topological polar surface area (TPSA) is 131 Å². The van der Waals surface area contributed by atoms with Gasteiger partial charge in [0.15, 0.2) is 0 Å². The molecule has 0 fully saturated rings. The molecule has 1 aliphatic heterocycles. The summed E-state index contributed by atoms with van der Waals surface area (Å²) >= 11 is 1.55. The van der Waals surface area contributed by atoms with Crippen LogP contribution in [0.4, 0.5) is 0 Å². The van der Waals surface area contributed by atoms with E-state index in [0.29, 0.717) is 29.1 Å². The Labute approximate surface area is 198 Å². The van der Waals surface area contributed by atoms with Crippen LogP contribution in [0.5, 0.6) is 5.88 Å². The highest BCUT2D eigenvalue weighted by molar-refractivity contribution is 7.13. The zero-order chi connectivity index (χ0) is 23.3. The lowest BCUT2D eigenvalue weighted by molar-refractivity contribution is -0.212. The summed E-state index contributed by atoms with van der Waals surface area (Å²) in [4.78, 5) is 13.5. The molecule has 10 heteroatoms. The molecule has 1 aliphatic rings. The van der Waals surface area contributed by atoms with Crippen LogP contribution in [0.2, 0.25) is 0 Å². The number of benzene rings is 1. The Bertz CT molecular complexity index is 1390. The normalized spacial score (nSPS) is 13.3. The zero-order valence-corrected chi connectivity index (χ0v) is 18.5. The maximum absolute atomic E-state index is 12.3. The number of nitriles is 1. The number of aromatic nitrogens is 1. The molecule has 0 atom stereocenters. The molecule has 3 aromatic heterocycles. The summed E-state index contributed by atoms with van der Waals surface area (Å²) in [6, 6.07) is 16.7. The van der Waals surface area contributed by atoms with Crippen molar-refractivity contribution >= 4 is 23.2 Å². The van der Waals surface area contributed by atoms with Crippen LogP contribution in [-0.4, -0.2) is 23.5 Å². The van der Waals surface area contributed by atoms with E-state index in [2.05, 4.69) is 31.9 Å². The quantitative estimate of drug-likeness (QED) is 0.328. The van der Waals surface area contributed by atoms with Gasteiger partial charge in [-0.15, -0.1) is 11.3 Å². The molecule has 5 rings (SSSR count). The SMILES string of the molecule is N#Cc1c(-c2ccoc2)cc(-c2cccs2)nc1OCc1ccc(/C([O-])=N/C2=NCNN2)cc1. The number of nitrogens with zero attached hydrogens (tertiary/aromatic N) is 4. The summed E-state index contributed by atoms with van der Waals surface area (Å²) in [5.41, 5.74) is 9.18. The van der Waals surface area contributed by atoms with Crippen LogP contribution in [0.3, 0.4) is 0 Å². The molecule has 0 bridgehead atoms. The molecule has 0 aliphatic carbocycles. The van der Waals surface area contributed by atoms with Gasteiger partial charge in [0.2, 0.25) is 11.8 Å². The number of aliphatic imine (C=N–C) groups is 2. The van der Waals surface area contributed by atoms with E-state index in [1.165, 1.54) is 0 Å². The van der Waals surface area contributed by atoms with Crippen molar-refractivity contribution in [1.29, 1.82) is 5.26 Å². The van der Waals surface area contributed by atoms with E-state index in [9.17, 15) is 10.4 Å². The summed E-state index contributed by atoms with van der Waals surface area (Å²) in [6.07, 6.45) is 3.14. The highest BCUT2D eigenvalue weighted by atomic mass is 32.1. The van der Waals surface area contributed by atoms with Crippen molar-refractivity contribution in [2.75, 3.05) is 6.67 Å². The number of ether oxygens (including phenoxy) is 1. The first-order valence-electron chi connectivity index (χ1n) is 10.2. The molecule has 0 unspecified atom stereocenters. The maximum atomic E-state index is 12.3. The van der Waals surface area contributed by atoms with Crippen LogP contribution in [0.1, 0.15) is 16.7 Å². The average molecular weight is 470 g/mol. The number of nitrogens with one attached hydrogen (secondary N) is 2. The Morgan fingerprint density at radius 2 is 2.15 bits per heavy atom. The Kier molecular flexibility index (Phi) is 6.03. The van der Waals surface area contributed by atoms with Crippen LogP contribution in [0, 0.1) is 11.3 Å². The van der Waals surface area contributed by atoms with Gasteiger partial charge in [-0.25, -0.2) is 20.4 Å². The van der Waals surface area contributed by atoms with Gasteiger partial charge in [0, 0.05) is 11.1 Å². The Morgan fingerprint density at radius 3 is 2.82 bits per heavy atom. The minimum atomic E-state index is -0.399. The zero-order valence-electron chi connectivity index (χ0n) is 17.7. The Hall–Kier alpha value is -4.46. The first-order valence-corrected chi connectivity index (χ1v) is 11.1. The van der Waals surface area contributed by atoms with Crippen LogP contribution < -0.4 is 20.7 Å². The maximum Gasteiger partial charge on any atom is 0.233 e. The van der Waals surface area contributed by atoms with Gasteiger partial charge in [-0.1, -0.05) is 30.3 Å². The molecule has 0 radical (unpaired) electrons. The van der Waals surface area contributed by atoms with Crippen molar-refractivity contribution in [2.24, 2.45) is 9.98 Å². The fourth-order valence-electron chi connectivity index (χ4n) is 3.32. The minimum Gasteiger partial charge on any atom is -0.858 e. The molecule has 1 aromatic carbocycles. The molecule has 4 aromatic rings. The number of hydrogen-bond donors (Lipinski definition) is 2. The lowest BCUT2D eigenvalue weighted by Crippen LogP contribution is -2.31. The summed E-state index contributed by atoms with van der Waals surface area (Å²) in [7, 11) is 0. The monoisotopic (exact) mass is 469 g/mol. The number of hydrazine groups is 1. The van der Waals surface area contributed by atoms with E-state index >= 15 is 0 Å². The molecule has 168 valence electrons. The molecule has 2 N–H and O–H groups in total. The predicted octanol–water partition coefficient (Wildman–Crippen LogP) is 3.05.